The summed E-state index contributed by atoms with van der Waals surface area (Å²) in [5.74, 6) is -0.219. The predicted octanol–water partition coefficient (Wildman–Crippen LogP) is 6.92. The van der Waals surface area contributed by atoms with E-state index in [4.69, 9.17) is 14.2 Å². The number of hydrogen-bond donors (Lipinski definition) is 0. The Kier molecular flexibility index (Phi) is 8.66. The van der Waals surface area contributed by atoms with Crippen molar-refractivity contribution in [3.63, 3.8) is 0 Å². The lowest BCUT2D eigenvalue weighted by Gasteiger charge is -2.62. The molecule has 4 saturated carbocycles. The van der Waals surface area contributed by atoms with Crippen LogP contribution < -0.4 is 0 Å². The van der Waals surface area contributed by atoms with Crippen LogP contribution in [0.5, 0.6) is 0 Å². The van der Waals surface area contributed by atoms with Crippen LogP contribution in [0.4, 0.5) is 13.2 Å². The minimum atomic E-state index is -4.99. The van der Waals surface area contributed by atoms with E-state index in [1.54, 1.807) is 6.92 Å². The molecule has 43 heavy (non-hydrogen) atoms. The van der Waals surface area contributed by atoms with E-state index in [9.17, 15) is 27.6 Å². The molecule has 7 nitrogen and oxygen atoms in total. The van der Waals surface area contributed by atoms with Crippen molar-refractivity contribution in [2.24, 2.45) is 46.3 Å². The summed E-state index contributed by atoms with van der Waals surface area (Å²) in [6.45, 7) is 11.2. The van der Waals surface area contributed by atoms with Gasteiger partial charge in [0.1, 0.15) is 18.3 Å². The molecule has 0 amide bonds. The van der Waals surface area contributed by atoms with Crippen LogP contribution in [-0.4, -0.2) is 49.0 Å². The smallest absolute Gasteiger partial charge is 0.490 e. The van der Waals surface area contributed by atoms with Gasteiger partial charge >= 0.3 is 24.1 Å². The first-order valence-corrected chi connectivity index (χ1v) is 16.0. The first-order chi connectivity index (χ1) is 20.1. The van der Waals surface area contributed by atoms with E-state index in [2.05, 4.69) is 25.5 Å². The van der Waals surface area contributed by atoms with Crippen molar-refractivity contribution in [1.82, 2.24) is 0 Å². The number of allylic oxidation sites excluding steroid dienone is 1. The van der Waals surface area contributed by atoms with Gasteiger partial charge in [0.05, 0.1) is 12.4 Å². The first kappa shape index (κ1) is 32.1. The zero-order valence-corrected chi connectivity index (χ0v) is 26.3. The number of rotatable bonds is 7. The summed E-state index contributed by atoms with van der Waals surface area (Å²) in [6.07, 6.45) is 2.47. The maximum Gasteiger partial charge on any atom is 0.490 e. The summed E-state index contributed by atoms with van der Waals surface area (Å²) in [6, 6.07) is 0. The lowest BCUT2D eigenvalue weighted by atomic mass is 9.44. The number of ether oxygens (including phenoxy) is 4. The van der Waals surface area contributed by atoms with Crippen molar-refractivity contribution in [2.75, 3.05) is 6.61 Å². The van der Waals surface area contributed by atoms with E-state index in [1.807, 2.05) is 0 Å². The highest BCUT2D eigenvalue weighted by Gasteiger charge is 2.68. The van der Waals surface area contributed by atoms with Gasteiger partial charge in [-0.25, -0.2) is 4.79 Å². The van der Waals surface area contributed by atoms with Crippen LogP contribution in [-0.2, 0) is 33.3 Å². The Morgan fingerprint density at radius 1 is 1.00 bits per heavy atom. The highest BCUT2D eigenvalue weighted by atomic mass is 19.4. The van der Waals surface area contributed by atoms with Gasteiger partial charge in [-0.2, -0.15) is 13.2 Å². The Labute approximate surface area is 252 Å². The average Bonchev–Trinajstić information content (AvgIpc) is 3.39. The summed E-state index contributed by atoms with van der Waals surface area (Å²) in [5.41, 5.74) is 0.960. The highest BCUT2D eigenvalue weighted by Crippen LogP contribution is 2.70. The number of fused-ring (bicyclic) bond motifs is 7. The average molecular weight is 613 g/mol. The maximum atomic E-state index is 12.5. The fourth-order valence-electron chi connectivity index (χ4n) is 10.2. The molecule has 242 valence electrons. The summed E-state index contributed by atoms with van der Waals surface area (Å²) in [5, 5.41) is 0. The Morgan fingerprint density at radius 3 is 2.35 bits per heavy atom. The minimum Gasteiger partial charge on any atom is -0.494 e. The Bertz CT molecular complexity index is 1150. The van der Waals surface area contributed by atoms with Gasteiger partial charge in [-0.3, -0.25) is 9.59 Å². The molecular weight excluding hydrogens is 565 g/mol. The maximum absolute atomic E-state index is 12.5. The molecule has 0 spiro atoms. The Balaban J connectivity index is 1.33. The van der Waals surface area contributed by atoms with Gasteiger partial charge in [0.25, 0.3) is 0 Å². The molecular formula is C33H47F3O7. The third-order valence-corrected chi connectivity index (χ3v) is 12.1. The van der Waals surface area contributed by atoms with Crippen LogP contribution in [0, 0.1) is 46.3 Å². The largest absolute Gasteiger partial charge is 0.494 e. The zero-order chi connectivity index (χ0) is 31.5. The van der Waals surface area contributed by atoms with E-state index < -0.39 is 12.1 Å². The Hall–Kier alpha value is -2.26. The van der Waals surface area contributed by atoms with E-state index in [0.29, 0.717) is 36.5 Å². The van der Waals surface area contributed by atoms with Crippen molar-refractivity contribution in [3.8, 4) is 0 Å². The van der Waals surface area contributed by atoms with Crippen LogP contribution in [0.3, 0.4) is 0 Å². The third kappa shape index (κ3) is 5.81. The molecule has 1 aliphatic heterocycles. The quantitative estimate of drug-likeness (QED) is 0.228. The summed E-state index contributed by atoms with van der Waals surface area (Å²) >= 11 is 0. The summed E-state index contributed by atoms with van der Waals surface area (Å²) < 4.78 is 60.4. The highest BCUT2D eigenvalue weighted by molar-refractivity contribution is 5.75. The van der Waals surface area contributed by atoms with Gasteiger partial charge in [-0.15, -0.1) is 0 Å². The molecule has 0 N–H and O–H groups in total. The molecule has 0 aromatic carbocycles. The predicted molar refractivity (Wildman–Crippen MR) is 150 cm³/mol. The van der Waals surface area contributed by atoms with Crippen molar-refractivity contribution in [2.45, 2.75) is 124 Å². The van der Waals surface area contributed by atoms with Crippen molar-refractivity contribution in [1.29, 1.82) is 0 Å². The van der Waals surface area contributed by atoms with Crippen LogP contribution in [0.25, 0.3) is 0 Å². The third-order valence-electron chi connectivity index (χ3n) is 12.1. The number of alkyl halides is 3. The van der Waals surface area contributed by atoms with Gasteiger partial charge < -0.3 is 18.9 Å². The SMILES string of the molecule is CC(=O)O[C@H]1CC[C@@]2(C)C(CC[C@H]3[C@@H]4C[C@@H]5OC(CC[C@@H](C)COC(=O)C(F)(F)F)=C(C)[C@@H]5[C@@]4(C)[C@H](OC(C)=O)C[C@@H]32)C1. The topological polar surface area (TPSA) is 88.1 Å². The molecule has 5 rings (SSSR count). The standard InChI is InChI=1S/C33H47F3O7/c1-17(16-40-30(39)33(34,35)36)7-10-26-18(2)29-27(43-26)14-25-23-9-8-21-13-22(41-19(3)37)11-12-31(21,5)24(23)15-28(32(25,29)6)42-20(4)38/h17,21-25,27-29H,7-16H2,1-6H3/t17-,21?,22+,23-,24+,25+,27+,28-,29+,31+,32-/m1/s1. The number of halogens is 3. The molecule has 4 aliphatic carbocycles. The molecule has 0 bridgehead atoms. The van der Waals surface area contributed by atoms with Crippen LogP contribution in [0.2, 0.25) is 0 Å². The molecule has 0 aromatic rings. The van der Waals surface area contributed by atoms with Crippen molar-refractivity contribution < 1.29 is 46.5 Å². The number of esters is 3. The number of carbonyl (C=O) groups is 3. The molecule has 1 unspecified atom stereocenters. The van der Waals surface area contributed by atoms with Gasteiger partial charge in [-0.05, 0) is 98.9 Å². The van der Waals surface area contributed by atoms with E-state index in [1.165, 1.54) is 13.8 Å². The van der Waals surface area contributed by atoms with Gasteiger partial charge in [0.15, 0.2) is 0 Å². The number of hydrogen-bond acceptors (Lipinski definition) is 7. The molecule has 11 atom stereocenters. The number of carbonyl (C=O) groups excluding carboxylic acids is 3. The molecule has 1 heterocycles. The van der Waals surface area contributed by atoms with E-state index in [0.717, 1.165) is 56.3 Å². The minimum absolute atomic E-state index is 0.0184. The first-order valence-electron chi connectivity index (χ1n) is 16.0. The lowest BCUT2D eigenvalue weighted by Crippen LogP contribution is -2.59. The van der Waals surface area contributed by atoms with E-state index in [-0.39, 0.29) is 59.5 Å². The summed E-state index contributed by atoms with van der Waals surface area (Å²) in [7, 11) is 0. The second-order valence-electron chi connectivity index (χ2n) is 14.6. The van der Waals surface area contributed by atoms with Gasteiger partial charge in [-0.1, -0.05) is 20.8 Å². The molecule has 0 aromatic heterocycles. The lowest BCUT2D eigenvalue weighted by molar-refractivity contribution is -0.200. The van der Waals surface area contributed by atoms with Crippen molar-refractivity contribution >= 4 is 17.9 Å². The molecule has 4 fully saturated rings. The van der Waals surface area contributed by atoms with E-state index >= 15 is 0 Å². The Morgan fingerprint density at radius 2 is 1.70 bits per heavy atom. The fourth-order valence-corrected chi connectivity index (χ4v) is 10.2. The van der Waals surface area contributed by atoms with Crippen LogP contribution in [0.1, 0.15) is 99.3 Å². The summed E-state index contributed by atoms with van der Waals surface area (Å²) in [4.78, 5) is 35.2. The van der Waals surface area contributed by atoms with Crippen molar-refractivity contribution in [3.05, 3.63) is 11.3 Å². The monoisotopic (exact) mass is 612 g/mol. The molecule has 10 heteroatoms. The molecule has 0 saturated heterocycles. The second-order valence-corrected chi connectivity index (χ2v) is 14.6. The van der Waals surface area contributed by atoms with Gasteiger partial charge in [0, 0.05) is 31.6 Å². The fraction of sp³-hybridized carbons (Fsp3) is 0.848. The second kappa shape index (κ2) is 11.6. The zero-order valence-electron chi connectivity index (χ0n) is 26.3. The van der Waals surface area contributed by atoms with Crippen LogP contribution >= 0.6 is 0 Å². The van der Waals surface area contributed by atoms with Crippen LogP contribution in [0.15, 0.2) is 11.3 Å². The van der Waals surface area contributed by atoms with Gasteiger partial charge in [0.2, 0.25) is 0 Å². The molecule has 0 radical (unpaired) electrons. The molecule has 5 aliphatic rings. The normalized spacial score (nSPS) is 40.8.